The molecule has 138 valence electrons. The molecular weight excluding hydrogens is 320 g/mol. The number of hydrogen-bond donors (Lipinski definition) is 2. The lowest BCUT2D eigenvalue weighted by atomic mass is 9.38. The van der Waals surface area contributed by atoms with Crippen LogP contribution in [0.4, 0.5) is 0 Å². The van der Waals surface area contributed by atoms with Crippen molar-refractivity contribution < 1.29 is 24.5 Å². The Morgan fingerprint density at radius 2 is 1.88 bits per heavy atom. The predicted octanol–water partition coefficient (Wildman–Crippen LogP) is 1.84. The molecule has 2 N–H and O–H groups in total. The number of hydrogen-bond acceptors (Lipinski definition) is 5. The second-order valence-corrected chi connectivity index (χ2v) is 9.97. The number of ether oxygens (including phenoxy) is 1. The van der Waals surface area contributed by atoms with Crippen molar-refractivity contribution in [3.8, 4) is 0 Å². The maximum absolute atomic E-state index is 13.4. The largest absolute Gasteiger partial charge is 0.459 e. The summed E-state index contributed by atoms with van der Waals surface area (Å²) >= 11 is 0. The maximum Gasteiger partial charge on any atom is 0.312 e. The highest BCUT2D eigenvalue weighted by Crippen LogP contribution is 2.74. The van der Waals surface area contributed by atoms with E-state index in [4.69, 9.17) is 4.74 Å². The zero-order valence-electron chi connectivity index (χ0n) is 15.2. The smallest absolute Gasteiger partial charge is 0.312 e. The van der Waals surface area contributed by atoms with E-state index in [-0.39, 0.29) is 29.5 Å². The molecule has 0 radical (unpaired) electrons. The Bertz CT molecular complexity index is 690. The molecule has 0 aromatic rings. The molecule has 5 fully saturated rings. The van der Waals surface area contributed by atoms with Crippen LogP contribution in [0.2, 0.25) is 0 Å². The van der Waals surface area contributed by atoms with Crippen LogP contribution in [0.1, 0.15) is 59.3 Å². The van der Waals surface area contributed by atoms with E-state index in [1.807, 2.05) is 20.8 Å². The summed E-state index contributed by atoms with van der Waals surface area (Å²) < 4.78 is 5.73. The van der Waals surface area contributed by atoms with E-state index in [1.165, 1.54) is 0 Å². The molecular formula is C20H28O5. The fraction of sp³-hybridized carbons (Fsp3) is 0.900. The van der Waals surface area contributed by atoms with Crippen molar-refractivity contribution in [2.24, 2.45) is 34.0 Å². The van der Waals surface area contributed by atoms with Crippen LogP contribution in [-0.2, 0) is 14.3 Å². The van der Waals surface area contributed by atoms with Gasteiger partial charge in [-0.15, -0.1) is 0 Å². The van der Waals surface area contributed by atoms with Gasteiger partial charge in [-0.3, -0.25) is 9.59 Å². The summed E-state index contributed by atoms with van der Waals surface area (Å²) in [4.78, 5) is 26.1. The lowest BCUT2D eigenvalue weighted by Gasteiger charge is -2.67. The molecule has 4 aliphatic carbocycles. The van der Waals surface area contributed by atoms with E-state index >= 15 is 0 Å². The summed E-state index contributed by atoms with van der Waals surface area (Å²) in [6, 6.07) is 0. The average Bonchev–Trinajstić information content (AvgIpc) is 2.96. The molecule has 1 spiro atoms. The van der Waals surface area contributed by atoms with E-state index in [1.54, 1.807) is 0 Å². The Morgan fingerprint density at radius 3 is 2.60 bits per heavy atom. The highest BCUT2D eigenvalue weighted by atomic mass is 16.6. The van der Waals surface area contributed by atoms with Crippen LogP contribution in [-0.4, -0.2) is 39.8 Å². The fourth-order valence-corrected chi connectivity index (χ4v) is 8.07. The molecule has 2 bridgehead atoms. The van der Waals surface area contributed by atoms with Crippen LogP contribution in [0.5, 0.6) is 0 Å². The second-order valence-electron chi connectivity index (χ2n) is 9.97. The molecule has 4 saturated carbocycles. The molecule has 0 aromatic carbocycles. The van der Waals surface area contributed by atoms with Gasteiger partial charge in [0.1, 0.15) is 18.0 Å². The average molecular weight is 348 g/mol. The van der Waals surface area contributed by atoms with Crippen LogP contribution in [0.15, 0.2) is 0 Å². The molecule has 0 unspecified atom stereocenters. The standard InChI is InChI=1S/C20H28O5/c1-10-11-5-8-20(24)18(3)7-4-6-17(2)13(18)12(25-16(17)23)15(22)19(20,9-11)14(10)21/h10-13,15,22,24H,4-9H2,1-3H3/t10-,11+,12+,13+,15-,17+,18+,19-,20+/m0/s1. The number of aliphatic hydroxyl groups excluding tert-OH is 1. The van der Waals surface area contributed by atoms with E-state index < -0.39 is 34.1 Å². The lowest BCUT2D eigenvalue weighted by molar-refractivity contribution is -0.294. The van der Waals surface area contributed by atoms with Crippen LogP contribution in [0.3, 0.4) is 0 Å². The normalized spacial score (nSPS) is 62.4. The first-order chi connectivity index (χ1) is 11.6. The monoisotopic (exact) mass is 348 g/mol. The molecule has 5 nitrogen and oxygen atoms in total. The number of rotatable bonds is 0. The van der Waals surface area contributed by atoms with Crippen molar-refractivity contribution in [3.05, 3.63) is 0 Å². The van der Waals surface area contributed by atoms with Crippen molar-refractivity contribution in [2.75, 3.05) is 0 Å². The Morgan fingerprint density at radius 1 is 1.16 bits per heavy atom. The zero-order valence-corrected chi connectivity index (χ0v) is 15.2. The Kier molecular flexibility index (Phi) is 2.80. The topological polar surface area (TPSA) is 83.8 Å². The van der Waals surface area contributed by atoms with Crippen LogP contribution >= 0.6 is 0 Å². The molecule has 5 heteroatoms. The minimum atomic E-state index is -1.26. The van der Waals surface area contributed by atoms with Gasteiger partial charge in [0, 0.05) is 17.3 Å². The predicted molar refractivity (Wildman–Crippen MR) is 88.3 cm³/mol. The number of esters is 1. The van der Waals surface area contributed by atoms with Gasteiger partial charge in [-0.25, -0.2) is 0 Å². The molecule has 25 heavy (non-hydrogen) atoms. The highest BCUT2D eigenvalue weighted by molar-refractivity contribution is 5.93. The molecule has 0 aromatic heterocycles. The van der Waals surface area contributed by atoms with Crippen LogP contribution < -0.4 is 0 Å². The van der Waals surface area contributed by atoms with Gasteiger partial charge in [0.25, 0.3) is 0 Å². The zero-order chi connectivity index (χ0) is 18.0. The van der Waals surface area contributed by atoms with E-state index in [2.05, 4.69) is 0 Å². The third kappa shape index (κ3) is 1.38. The molecule has 9 atom stereocenters. The molecule has 5 rings (SSSR count). The summed E-state index contributed by atoms with van der Waals surface area (Å²) in [5.41, 5.74) is -3.68. The molecule has 1 saturated heterocycles. The van der Waals surface area contributed by atoms with Crippen molar-refractivity contribution in [3.63, 3.8) is 0 Å². The first kappa shape index (κ1) is 16.2. The van der Waals surface area contributed by atoms with Gasteiger partial charge >= 0.3 is 5.97 Å². The minimum Gasteiger partial charge on any atom is -0.459 e. The van der Waals surface area contributed by atoms with Gasteiger partial charge in [-0.1, -0.05) is 20.3 Å². The van der Waals surface area contributed by atoms with Gasteiger partial charge in [-0.05, 0) is 44.9 Å². The Balaban J connectivity index is 1.77. The fourth-order valence-electron chi connectivity index (χ4n) is 8.07. The van der Waals surface area contributed by atoms with Crippen molar-refractivity contribution in [1.82, 2.24) is 0 Å². The summed E-state index contributed by atoms with van der Waals surface area (Å²) in [6.07, 6.45) is 2.45. The number of ketones is 1. The van der Waals surface area contributed by atoms with E-state index in [0.717, 1.165) is 25.7 Å². The second kappa shape index (κ2) is 4.30. The SMILES string of the molecule is C[C@@H]1C(=O)[C@]23C[C@H]1CC[C@@]2(O)[C@]1(C)CCC[C@@]2(C)C(=O)O[C@H]([C@H]21)[C@@H]3O. The third-order valence-electron chi connectivity index (χ3n) is 9.32. The molecule has 5 aliphatic rings. The first-order valence-corrected chi connectivity index (χ1v) is 9.79. The number of Topliss-reactive ketones (excluding diaryl/α,β-unsaturated/α-hetero) is 1. The summed E-state index contributed by atoms with van der Waals surface area (Å²) in [5, 5.41) is 23.4. The maximum atomic E-state index is 13.4. The number of fused-ring (bicyclic) bond motifs is 2. The van der Waals surface area contributed by atoms with Gasteiger partial charge in [-0.2, -0.15) is 0 Å². The summed E-state index contributed by atoms with van der Waals surface area (Å²) in [7, 11) is 0. The summed E-state index contributed by atoms with van der Waals surface area (Å²) in [5.74, 6) is -0.432. The van der Waals surface area contributed by atoms with E-state index in [0.29, 0.717) is 12.8 Å². The van der Waals surface area contributed by atoms with Gasteiger partial charge in [0.05, 0.1) is 16.4 Å². The molecule has 1 heterocycles. The van der Waals surface area contributed by atoms with Crippen LogP contribution in [0, 0.1) is 34.0 Å². The Hall–Kier alpha value is -0.940. The van der Waals surface area contributed by atoms with Gasteiger partial charge < -0.3 is 14.9 Å². The Labute approximate surface area is 148 Å². The van der Waals surface area contributed by atoms with Crippen molar-refractivity contribution in [1.29, 1.82) is 0 Å². The number of carbonyl (C=O) groups is 2. The van der Waals surface area contributed by atoms with Crippen molar-refractivity contribution >= 4 is 11.8 Å². The van der Waals surface area contributed by atoms with Gasteiger partial charge in [0.2, 0.25) is 0 Å². The third-order valence-corrected chi connectivity index (χ3v) is 9.32. The molecule has 0 amide bonds. The quantitative estimate of drug-likeness (QED) is 0.653. The van der Waals surface area contributed by atoms with E-state index in [9.17, 15) is 19.8 Å². The summed E-state index contributed by atoms with van der Waals surface area (Å²) in [6.45, 7) is 5.91. The number of aliphatic hydroxyl groups is 2. The van der Waals surface area contributed by atoms with Crippen molar-refractivity contribution in [2.45, 2.75) is 77.1 Å². The number of carbonyl (C=O) groups excluding carboxylic acids is 2. The van der Waals surface area contributed by atoms with Crippen LogP contribution in [0.25, 0.3) is 0 Å². The lowest BCUT2D eigenvalue weighted by Crippen LogP contribution is -2.76. The van der Waals surface area contributed by atoms with Gasteiger partial charge in [0.15, 0.2) is 0 Å². The molecule has 1 aliphatic heterocycles. The highest BCUT2D eigenvalue weighted by Gasteiger charge is 2.83. The first-order valence-electron chi connectivity index (χ1n) is 9.79. The minimum absolute atomic E-state index is 0.0140.